The van der Waals surface area contributed by atoms with Gasteiger partial charge in [-0.05, 0) is 45.4 Å². The summed E-state index contributed by atoms with van der Waals surface area (Å²) in [5, 5.41) is 14.3. The van der Waals surface area contributed by atoms with Crippen LogP contribution in [0.2, 0.25) is 5.02 Å². The van der Waals surface area contributed by atoms with E-state index in [2.05, 4.69) is 20.8 Å². The van der Waals surface area contributed by atoms with Crippen molar-refractivity contribution in [3.05, 3.63) is 65.2 Å². The minimum Gasteiger partial charge on any atom is -0.333 e. The molecular formula is C23H26ClN5O2S. The first-order chi connectivity index (χ1) is 15.1. The molecule has 0 radical (unpaired) electrons. The maximum Gasteiger partial charge on any atom is 0.321 e. The molecule has 3 rings (SSSR count). The maximum atomic E-state index is 12.6. The molecule has 1 aromatic heterocycles. The molecule has 0 fully saturated rings. The van der Waals surface area contributed by atoms with Crippen molar-refractivity contribution in [1.29, 1.82) is 0 Å². The highest BCUT2D eigenvalue weighted by Crippen LogP contribution is 2.31. The van der Waals surface area contributed by atoms with Crippen LogP contribution in [0.3, 0.4) is 0 Å². The van der Waals surface area contributed by atoms with Gasteiger partial charge in [0, 0.05) is 11.1 Å². The van der Waals surface area contributed by atoms with Crippen molar-refractivity contribution >= 4 is 35.3 Å². The number of carbonyl (C=O) groups is 2. The van der Waals surface area contributed by atoms with Gasteiger partial charge in [-0.3, -0.25) is 14.7 Å². The molecule has 0 aliphatic carbocycles. The summed E-state index contributed by atoms with van der Waals surface area (Å²) >= 11 is 7.65. The quantitative estimate of drug-likeness (QED) is 0.506. The van der Waals surface area contributed by atoms with E-state index in [-0.39, 0.29) is 0 Å². The van der Waals surface area contributed by atoms with Crippen LogP contribution in [-0.4, -0.2) is 37.5 Å². The fraction of sp³-hybridized carbons (Fsp3) is 0.304. The van der Waals surface area contributed by atoms with Crippen molar-refractivity contribution in [2.75, 3.05) is 0 Å². The van der Waals surface area contributed by atoms with Crippen molar-refractivity contribution in [3.8, 4) is 11.4 Å². The number of hydrogen-bond donors (Lipinski definition) is 2. The van der Waals surface area contributed by atoms with Gasteiger partial charge in [-0.15, -0.1) is 10.2 Å². The van der Waals surface area contributed by atoms with E-state index in [1.165, 1.54) is 11.8 Å². The minimum absolute atomic E-state index is 0.412. The number of nitrogens with one attached hydrogen (secondary N) is 2. The van der Waals surface area contributed by atoms with Crippen LogP contribution >= 0.6 is 23.4 Å². The van der Waals surface area contributed by atoms with Gasteiger partial charge in [-0.25, -0.2) is 4.79 Å². The maximum absolute atomic E-state index is 12.6. The molecule has 168 valence electrons. The average Bonchev–Trinajstić information content (AvgIpc) is 3.09. The highest BCUT2D eigenvalue weighted by atomic mass is 35.5. The van der Waals surface area contributed by atoms with Gasteiger partial charge in [0.1, 0.15) is 0 Å². The van der Waals surface area contributed by atoms with E-state index < -0.39 is 22.7 Å². The van der Waals surface area contributed by atoms with Crippen molar-refractivity contribution in [2.24, 2.45) is 0 Å². The molecule has 32 heavy (non-hydrogen) atoms. The second-order valence-electron chi connectivity index (χ2n) is 8.31. The van der Waals surface area contributed by atoms with E-state index in [0.717, 1.165) is 11.1 Å². The van der Waals surface area contributed by atoms with Crippen LogP contribution in [0, 0.1) is 0 Å². The monoisotopic (exact) mass is 471 g/mol. The number of halogens is 1. The van der Waals surface area contributed by atoms with E-state index in [4.69, 9.17) is 11.6 Å². The first-order valence-electron chi connectivity index (χ1n) is 10.2. The molecule has 0 aliphatic rings. The lowest BCUT2D eigenvalue weighted by Crippen LogP contribution is -2.49. The molecule has 3 amide bonds. The Labute approximate surface area is 197 Å². The van der Waals surface area contributed by atoms with Gasteiger partial charge in [0.2, 0.25) is 5.91 Å². The highest BCUT2D eigenvalue weighted by Gasteiger charge is 2.24. The standard InChI is InChI=1S/C23H26ClN5O2S/c1-15(20(30)25-21(31)26-23(2,3)4)32-22-28-27-19(17-12-8-9-13-18(17)24)29(22)14-16-10-6-5-7-11-16/h5-13,15H,14H2,1-4H3,(H2,25,26,30,31). The first kappa shape index (κ1) is 23.8. The number of aromatic nitrogens is 3. The third-order valence-electron chi connectivity index (χ3n) is 4.39. The van der Waals surface area contributed by atoms with Crippen LogP contribution in [0.1, 0.15) is 33.3 Å². The molecule has 2 aromatic carbocycles. The number of thioether (sulfide) groups is 1. The van der Waals surface area contributed by atoms with Gasteiger partial charge in [-0.1, -0.05) is 65.8 Å². The lowest BCUT2D eigenvalue weighted by atomic mass is 10.1. The van der Waals surface area contributed by atoms with Gasteiger partial charge in [-0.2, -0.15) is 0 Å². The van der Waals surface area contributed by atoms with Crippen LogP contribution in [0.15, 0.2) is 59.8 Å². The Morgan fingerprint density at radius 1 is 1.06 bits per heavy atom. The van der Waals surface area contributed by atoms with Gasteiger partial charge in [0.15, 0.2) is 11.0 Å². The largest absolute Gasteiger partial charge is 0.333 e. The third-order valence-corrected chi connectivity index (χ3v) is 5.80. The second-order valence-corrected chi connectivity index (χ2v) is 10.0. The molecule has 0 spiro atoms. The normalized spacial score (nSPS) is 12.3. The van der Waals surface area contributed by atoms with E-state index in [0.29, 0.717) is 22.5 Å². The summed E-state index contributed by atoms with van der Waals surface area (Å²) < 4.78 is 1.93. The number of urea groups is 1. The molecule has 0 saturated heterocycles. The summed E-state index contributed by atoms with van der Waals surface area (Å²) in [6.07, 6.45) is 0. The van der Waals surface area contributed by atoms with Gasteiger partial charge in [0.25, 0.3) is 0 Å². The van der Waals surface area contributed by atoms with Crippen LogP contribution in [0.4, 0.5) is 4.79 Å². The fourth-order valence-electron chi connectivity index (χ4n) is 2.92. The molecule has 3 aromatic rings. The molecule has 1 heterocycles. The molecular weight excluding hydrogens is 446 g/mol. The van der Waals surface area contributed by atoms with Crippen LogP contribution in [0.5, 0.6) is 0 Å². The van der Waals surface area contributed by atoms with Crippen LogP contribution < -0.4 is 10.6 Å². The number of rotatable bonds is 6. The summed E-state index contributed by atoms with van der Waals surface area (Å²) in [6.45, 7) is 7.77. The van der Waals surface area contributed by atoms with Crippen molar-refractivity contribution in [3.63, 3.8) is 0 Å². The Bertz CT molecular complexity index is 1100. The minimum atomic E-state index is -0.571. The Balaban J connectivity index is 1.85. The Kier molecular flexibility index (Phi) is 7.58. The van der Waals surface area contributed by atoms with Crippen molar-refractivity contribution in [1.82, 2.24) is 25.4 Å². The van der Waals surface area contributed by atoms with E-state index >= 15 is 0 Å². The smallest absolute Gasteiger partial charge is 0.321 e. The highest BCUT2D eigenvalue weighted by molar-refractivity contribution is 8.00. The summed E-state index contributed by atoms with van der Waals surface area (Å²) in [4.78, 5) is 24.6. The Hall–Kier alpha value is -2.84. The lowest BCUT2D eigenvalue weighted by molar-refractivity contribution is -0.119. The molecule has 0 saturated carbocycles. The molecule has 0 bridgehead atoms. The number of hydrogen-bond acceptors (Lipinski definition) is 5. The Morgan fingerprint density at radius 3 is 2.38 bits per heavy atom. The van der Waals surface area contributed by atoms with E-state index in [1.807, 2.05) is 73.9 Å². The molecule has 7 nitrogen and oxygen atoms in total. The summed E-state index contributed by atoms with van der Waals surface area (Å²) in [7, 11) is 0. The van der Waals surface area contributed by atoms with E-state index in [9.17, 15) is 9.59 Å². The topological polar surface area (TPSA) is 88.9 Å². The van der Waals surface area contributed by atoms with Gasteiger partial charge >= 0.3 is 6.03 Å². The number of nitrogens with zero attached hydrogens (tertiary/aromatic N) is 3. The number of carbonyl (C=O) groups excluding carboxylic acids is 2. The second kappa shape index (κ2) is 10.2. The van der Waals surface area contributed by atoms with Gasteiger partial charge in [0.05, 0.1) is 16.8 Å². The molecule has 1 unspecified atom stereocenters. The molecule has 9 heteroatoms. The molecule has 2 N–H and O–H groups in total. The van der Waals surface area contributed by atoms with Crippen molar-refractivity contribution in [2.45, 2.75) is 50.2 Å². The summed E-state index contributed by atoms with van der Waals surface area (Å²) in [6, 6.07) is 16.8. The van der Waals surface area contributed by atoms with Crippen molar-refractivity contribution < 1.29 is 9.59 Å². The average molecular weight is 472 g/mol. The zero-order chi connectivity index (χ0) is 23.3. The third kappa shape index (κ3) is 6.34. The van der Waals surface area contributed by atoms with Crippen LogP contribution in [0.25, 0.3) is 11.4 Å². The number of amides is 3. The predicted molar refractivity (Wildman–Crippen MR) is 128 cm³/mol. The van der Waals surface area contributed by atoms with Crippen LogP contribution in [-0.2, 0) is 11.3 Å². The van der Waals surface area contributed by atoms with Gasteiger partial charge < -0.3 is 5.32 Å². The molecule has 1 atom stereocenters. The zero-order valence-corrected chi connectivity index (χ0v) is 20.0. The summed E-state index contributed by atoms with van der Waals surface area (Å²) in [5.74, 6) is 0.199. The summed E-state index contributed by atoms with van der Waals surface area (Å²) in [5.41, 5.74) is 1.37. The first-order valence-corrected chi connectivity index (χ1v) is 11.4. The zero-order valence-electron chi connectivity index (χ0n) is 18.4. The fourth-order valence-corrected chi connectivity index (χ4v) is 3.99. The molecule has 0 aliphatic heterocycles. The predicted octanol–water partition coefficient (Wildman–Crippen LogP) is 4.75. The Morgan fingerprint density at radius 2 is 1.72 bits per heavy atom. The lowest BCUT2D eigenvalue weighted by Gasteiger charge is -2.21. The SMILES string of the molecule is CC(Sc1nnc(-c2ccccc2Cl)n1Cc1ccccc1)C(=O)NC(=O)NC(C)(C)C. The van der Waals surface area contributed by atoms with E-state index in [1.54, 1.807) is 13.0 Å². The number of imide groups is 1. The number of benzene rings is 2.